The number of carbonyl (C=O) groups excluding carboxylic acids is 2. The summed E-state index contributed by atoms with van der Waals surface area (Å²) in [4.78, 5) is 30.6. The van der Waals surface area contributed by atoms with Crippen LogP contribution < -0.4 is 15.0 Å². The van der Waals surface area contributed by atoms with Crippen LogP contribution in [0, 0.1) is 12.8 Å². The predicted octanol–water partition coefficient (Wildman–Crippen LogP) is 2.39. The third-order valence-electron chi connectivity index (χ3n) is 4.01. The largest absolute Gasteiger partial charge is 0.495 e. The number of methoxy groups -OCH3 is 1. The van der Waals surface area contributed by atoms with Crippen molar-refractivity contribution >= 4 is 23.3 Å². The van der Waals surface area contributed by atoms with Crippen molar-refractivity contribution in [2.45, 2.75) is 13.3 Å². The summed E-state index contributed by atoms with van der Waals surface area (Å²) in [6, 6.07) is 12.7. The van der Waals surface area contributed by atoms with Gasteiger partial charge in [-0.15, -0.1) is 0 Å². The van der Waals surface area contributed by atoms with Gasteiger partial charge in [-0.3, -0.25) is 9.59 Å². The molecule has 3 rings (SSSR count). The van der Waals surface area contributed by atoms with Crippen LogP contribution in [0.5, 0.6) is 5.75 Å². The van der Waals surface area contributed by atoms with Crippen molar-refractivity contribution in [2.75, 3.05) is 23.9 Å². The van der Waals surface area contributed by atoms with Gasteiger partial charge in [0.1, 0.15) is 11.6 Å². The first-order valence-corrected chi connectivity index (χ1v) is 7.76. The van der Waals surface area contributed by atoms with E-state index in [0.29, 0.717) is 23.8 Å². The van der Waals surface area contributed by atoms with E-state index >= 15 is 0 Å². The minimum absolute atomic E-state index is 0.0862. The fraction of sp³-hybridized carbons (Fsp3) is 0.278. The number of anilines is 2. The first-order chi connectivity index (χ1) is 11.6. The van der Waals surface area contributed by atoms with E-state index in [9.17, 15) is 9.59 Å². The summed E-state index contributed by atoms with van der Waals surface area (Å²) in [6.07, 6.45) is 0.176. The maximum Gasteiger partial charge on any atom is 0.230 e. The average Bonchev–Trinajstić information content (AvgIpc) is 2.96. The number of ether oxygens (including phenoxy) is 1. The third-order valence-corrected chi connectivity index (χ3v) is 4.01. The van der Waals surface area contributed by atoms with Gasteiger partial charge in [-0.05, 0) is 31.2 Å². The molecule has 2 heterocycles. The van der Waals surface area contributed by atoms with Crippen molar-refractivity contribution < 1.29 is 14.3 Å². The minimum Gasteiger partial charge on any atom is -0.495 e. The van der Waals surface area contributed by atoms with Gasteiger partial charge in [0, 0.05) is 18.7 Å². The van der Waals surface area contributed by atoms with Crippen LogP contribution in [0.4, 0.5) is 11.5 Å². The van der Waals surface area contributed by atoms with Gasteiger partial charge in [0.15, 0.2) is 0 Å². The van der Waals surface area contributed by atoms with Crippen molar-refractivity contribution in [1.29, 1.82) is 0 Å². The number of nitrogens with one attached hydrogen (secondary N) is 1. The molecule has 1 aliphatic rings. The Morgan fingerprint density at radius 2 is 2.04 bits per heavy atom. The van der Waals surface area contributed by atoms with E-state index in [1.54, 1.807) is 24.1 Å². The number of pyridine rings is 1. The Hall–Kier alpha value is -2.89. The van der Waals surface area contributed by atoms with Crippen molar-refractivity contribution in [3.05, 3.63) is 48.2 Å². The molecular weight excluding hydrogens is 306 g/mol. The fourth-order valence-corrected chi connectivity index (χ4v) is 2.81. The van der Waals surface area contributed by atoms with Crippen molar-refractivity contribution in [3.63, 3.8) is 0 Å². The topological polar surface area (TPSA) is 71.5 Å². The summed E-state index contributed by atoms with van der Waals surface area (Å²) >= 11 is 0. The predicted molar refractivity (Wildman–Crippen MR) is 91.1 cm³/mol. The number of carbonyl (C=O) groups is 2. The van der Waals surface area contributed by atoms with Gasteiger partial charge < -0.3 is 15.0 Å². The van der Waals surface area contributed by atoms with Crippen LogP contribution in [0.15, 0.2) is 42.5 Å². The molecule has 1 aliphatic heterocycles. The highest BCUT2D eigenvalue weighted by molar-refractivity contribution is 6.03. The number of hydrogen-bond acceptors (Lipinski definition) is 4. The zero-order chi connectivity index (χ0) is 17.1. The highest BCUT2D eigenvalue weighted by Crippen LogP contribution is 2.33. The van der Waals surface area contributed by atoms with E-state index in [0.717, 1.165) is 5.69 Å². The first kappa shape index (κ1) is 16.0. The molecule has 0 spiro atoms. The molecule has 2 amide bonds. The number of amides is 2. The summed E-state index contributed by atoms with van der Waals surface area (Å²) in [7, 11) is 1.56. The average molecular weight is 325 g/mol. The van der Waals surface area contributed by atoms with Gasteiger partial charge in [-0.25, -0.2) is 4.98 Å². The molecule has 1 aromatic heterocycles. The van der Waals surface area contributed by atoms with Gasteiger partial charge in [-0.1, -0.05) is 18.2 Å². The molecule has 1 saturated heterocycles. The van der Waals surface area contributed by atoms with Crippen LogP contribution in [0.1, 0.15) is 12.1 Å². The lowest BCUT2D eigenvalue weighted by Gasteiger charge is -2.19. The second-order valence-electron chi connectivity index (χ2n) is 5.73. The summed E-state index contributed by atoms with van der Waals surface area (Å²) < 4.78 is 5.31. The quantitative estimate of drug-likeness (QED) is 0.937. The zero-order valence-corrected chi connectivity index (χ0v) is 13.7. The van der Waals surface area contributed by atoms with E-state index in [1.807, 2.05) is 37.3 Å². The number of aryl methyl sites for hydroxylation is 1. The smallest absolute Gasteiger partial charge is 0.230 e. The molecular formula is C18H19N3O3. The number of nitrogens with zero attached hydrogens (tertiary/aromatic N) is 2. The van der Waals surface area contributed by atoms with Crippen LogP contribution in [-0.2, 0) is 9.59 Å². The van der Waals surface area contributed by atoms with Gasteiger partial charge >= 0.3 is 0 Å². The molecule has 1 atom stereocenters. The normalized spacial score (nSPS) is 17.0. The lowest BCUT2D eigenvalue weighted by molar-refractivity contribution is -0.122. The number of aromatic nitrogens is 1. The molecule has 124 valence electrons. The molecule has 0 aliphatic carbocycles. The van der Waals surface area contributed by atoms with E-state index in [2.05, 4.69) is 10.3 Å². The Bertz CT molecular complexity index is 776. The minimum atomic E-state index is -0.412. The Kier molecular flexibility index (Phi) is 4.46. The third kappa shape index (κ3) is 3.22. The van der Waals surface area contributed by atoms with Crippen LogP contribution in [-0.4, -0.2) is 30.5 Å². The molecule has 1 fully saturated rings. The second-order valence-corrected chi connectivity index (χ2v) is 5.73. The fourth-order valence-electron chi connectivity index (χ4n) is 2.81. The van der Waals surface area contributed by atoms with Crippen molar-refractivity contribution in [2.24, 2.45) is 5.92 Å². The number of benzene rings is 1. The molecule has 0 radical (unpaired) electrons. The van der Waals surface area contributed by atoms with E-state index < -0.39 is 5.92 Å². The molecule has 1 N–H and O–H groups in total. The maximum atomic E-state index is 12.4. The van der Waals surface area contributed by atoms with Crippen LogP contribution in [0.2, 0.25) is 0 Å². The van der Waals surface area contributed by atoms with Crippen molar-refractivity contribution in [3.8, 4) is 5.75 Å². The SMILES string of the molecule is COc1ccccc1N1C[C@H](C(=O)Nc2cccc(C)n2)CC1=O. The highest BCUT2D eigenvalue weighted by Gasteiger charge is 2.36. The Labute approximate surface area is 140 Å². The van der Waals surface area contributed by atoms with E-state index in [4.69, 9.17) is 4.74 Å². The van der Waals surface area contributed by atoms with Gasteiger partial charge in [-0.2, -0.15) is 0 Å². The molecule has 6 heteroatoms. The summed E-state index contributed by atoms with van der Waals surface area (Å²) in [5.74, 6) is 0.427. The number of rotatable bonds is 4. The lowest BCUT2D eigenvalue weighted by Crippen LogP contribution is -2.28. The zero-order valence-electron chi connectivity index (χ0n) is 13.7. The molecule has 0 unspecified atom stereocenters. The summed E-state index contributed by atoms with van der Waals surface area (Å²) in [5.41, 5.74) is 1.51. The Morgan fingerprint density at radius 3 is 2.79 bits per heavy atom. The van der Waals surface area contributed by atoms with Gasteiger partial charge in [0.25, 0.3) is 0 Å². The standard InChI is InChI=1S/C18H19N3O3/c1-12-6-5-9-16(19-12)20-18(23)13-10-17(22)21(11-13)14-7-3-4-8-15(14)24-2/h3-9,13H,10-11H2,1-2H3,(H,19,20,23)/t13-/m1/s1. The molecule has 2 aromatic rings. The Morgan fingerprint density at radius 1 is 1.25 bits per heavy atom. The van der Waals surface area contributed by atoms with Crippen LogP contribution in [0.3, 0.4) is 0 Å². The summed E-state index contributed by atoms with van der Waals surface area (Å²) in [6.45, 7) is 2.19. The van der Waals surface area contributed by atoms with Crippen LogP contribution in [0.25, 0.3) is 0 Å². The van der Waals surface area contributed by atoms with Crippen LogP contribution >= 0.6 is 0 Å². The first-order valence-electron chi connectivity index (χ1n) is 7.76. The van der Waals surface area contributed by atoms with Gasteiger partial charge in [0.2, 0.25) is 11.8 Å². The number of hydrogen-bond donors (Lipinski definition) is 1. The molecule has 0 bridgehead atoms. The molecule has 6 nitrogen and oxygen atoms in total. The van der Waals surface area contributed by atoms with E-state index in [1.165, 1.54) is 0 Å². The highest BCUT2D eigenvalue weighted by atomic mass is 16.5. The van der Waals surface area contributed by atoms with E-state index in [-0.39, 0.29) is 18.2 Å². The summed E-state index contributed by atoms with van der Waals surface area (Å²) in [5, 5.41) is 2.79. The molecule has 24 heavy (non-hydrogen) atoms. The monoisotopic (exact) mass is 325 g/mol. The Balaban J connectivity index is 1.73. The lowest BCUT2D eigenvalue weighted by atomic mass is 10.1. The maximum absolute atomic E-state index is 12.4. The number of para-hydroxylation sites is 2. The molecule has 1 aromatic carbocycles. The van der Waals surface area contributed by atoms with Gasteiger partial charge in [0.05, 0.1) is 18.7 Å². The second kappa shape index (κ2) is 6.70. The van der Waals surface area contributed by atoms with Crippen molar-refractivity contribution in [1.82, 2.24) is 4.98 Å². The molecule has 0 saturated carbocycles.